The van der Waals surface area contributed by atoms with Gasteiger partial charge in [-0.2, -0.15) is 0 Å². The lowest BCUT2D eigenvalue weighted by molar-refractivity contribution is 0.194. The van der Waals surface area contributed by atoms with Crippen LogP contribution in [0.25, 0.3) is 0 Å². The number of rotatable bonds is 6. The van der Waals surface area contributed by atoms with Gasteiger partial charge in [-0.1, -0.05) is 12.1 Å². The largest absolute Gasteiger partial charge is 0.491 e. The monoisotopic (exact) mass is 222 g/mol. The molecule has 3 heteroatoms. The van der Waals surface area contributed by atoms with Crippen molar-refractivity contribution in [3.63, 3.8) is 0 Å². The van der Waals surface area contributed by atoms with E-state index >= 15 is 0 Å². The highest BCUT2D eigenvalue weighted by molar-refractivity contribution is 5.27. The number of hydrogen-bond acceptors (Lipinski definition) is 3. The zero-order chi connectivity index (χ0) is 12.0. The van der Waals surface area contributed by atoms with E-state index in [1.165, 1.54) is 0 Å². The number of nitrogens with two attached hydrogens (primary N) is 1. The van der Waals surface area contributed by atoms with Gasteiger partial charge in [0.1, 0.15) is 5.75 Å². The summed E-state index contributed by atoms with van der Waals surface area (Å²) in [6.07, 6.45) is 1.28. The number of ether oxygens (including phenoxy) is 1. The van der Waals surface area contributed by atoms with E-state index in [1.807, 2.05) is 24.3 Å². The minimum Gasteiger partial charge on any atom is -0.491 e. The summed E-state index contributed by atoms with van der Waals surface area (Å²) in [5, 5.41) is 0. The molecule has 0 aliphatic rings. The lowest BCUT2D eigenvalue weighted by atomic mass is 10.2. The summed E-state index contributed by atoms with van der Waals surface area (Å²) in [7, 11) is 4.14. The maximum atomic E-state index is 5.80. The van der Waals surface area contributed by atoms with Crippen LogP contribution >= 0.6 is 0 Å². The smallest absolute Gasteiger partial charge is 0.119 e. The molecule has 1 aromatic rings. The van der Waals surface area contributed by atoms with Crippen molar-refractivity contribution in [2.75, 3.05) is 20.6 Å². The molecule has 0 aromatic heterocycles. The zero-order valence-electron chi connectivity index (χ0n) is 10.4. The Morgan fingerprint density at radius 3 is 2.38 bits per heavy atom. The molecule has 0 aliphatic heterocycles. The molecular weight excluding hydrogens is 200 g/mol. The van der Waals surface area contributed by atoms with Crippen LogP contribution in [0.5, 0.6) is 5.75 Å². The van der Waals surface area contributed by atoms with Gasteiger partial charge in [0.05, 0.1) is 6.10 Å². The second kappa shape index (κ2) is 6.51. The molecular formula is C13H22N2O. The fourth-order valence-electron chi connectivity index (χ4n) is 1.44. The number of benzene rings is 1. The van der Waals surface area contributed by atoms with Crippen molar-refractivity contribution in [1.82, 2.24) is 4.90 Å². The van der Waals surface area contributed by atoms with Crippen LogP contribution in [0.15, 0.2) is 24.3 Å². The molecule has 16 heavy (non-hydrogen) atoms. The maximum Gasteiger partial charge on any atom is 0.119 e. The molecule has 1 unspecified atom stereocenters. The first-order valence-corrected chi connectivity index (χ1v) is 5.72. The predicted molar refractivity (Wildman–Crippen MR) is 67.6 cm³/mol. The van der Waals surface area contributed by atoms with Crippen LogP contribution in [-0.2, 0) is 6.54 Å². The molecule has 0 fully saturated rings. The topological polar surface area (TPSA) is 38.5 Å². The molecule has 0 aliphatic carbocycles. The minimum atomic E-state index is 0.242. The molecule has 0 amide bonds. The molecule has 0 radical (unpaired) electrons. The molecule has 90 valence electrons. The van der Waals surface area contributed by atoms with Gasteiger partial charge in [-0.25, -0.2) is 0 Å². The molecule has 0 spiro atoms. The van der Waals surface area contributed by atoms with Gasteiger partial charge < -0.3 is 15.4 Å². The van der Waals surface area contributed by atoms with Gasteiger partial charge in [-0.3, -0.25) is 0 Å². The second-order valence-electron chi connectivity index (χ2n) is 4.37. The third-order valence-electron chi connectivity index (χ3n) is 2.48. The lowest BCUT2D eigenvalue weighted by Gasteiger charge is -2.17. The van der Waals surface area contributed by atoms with Crippen molar-refractivity contribution in [3.8, 4) is 5.75 Å². The summed E-state index contributed by atoms with van der Waals surface area (Å²) in [4.78, 5) is 2.16. The molecule has 2 N–H and O–H groups in total. The highest BCUT2D eigenvalue weighted by Gasteiger charge is 2.04. The van der Waals surface area contributed by atoms with Crippen LogP contribution < -0.4 is 10.5 Å². The summed E-state index contributed by atoms with van der Waals surface area (Å²) in [6.45, 7) is 3.72. The summed E-state index contributed by atoms with van der Waals surface area (Å²) in [6, 6.07) is 7.98. The molecule has 0 saturated carbocycles. The molecule has 1 aromatic carbocycles. The van der Waals surface area contributed by atoms with Crippen LogP contribution in [0.4, 0.5) is 0 Å². The Bertz CT molecular complexity index is 295. The van der Waals surface area contributed by atoms with Crippen molar-refractivity contribution in [3.05, 3.63) is 29.8 Å². The SMILES string of the molecule is CC(CCN(C)C)Oc1ccc(CN)cc1. The Morgan fingerprint density at radius 2 is 1.88 bits per heavy atom. The summed E-state index contributed by atoms with van der Waals surface area (Å²) < 4.78 is 5.80. The van der Waals surface area contributed by atoms with E-state index in [2.05, 4.69) is 25.9 Å². The molecule has 0 heterocycles. The summed E-state index contributed by atoms with van der Waals surface area (Å²) >= 11 is 0. The van der Waals surface area contributed by atoms with Gasteiger partial charge in [0.15, 0.2) is 0 Å². The average molecular weight is 222 g/mol. The van der Waals surface area contributed by atoms with Gasteiger partial charge >= 0.3 is 0 Å². The Labute approximate surface area is 98.2 Å². The van der Waals surface area contributed by atoms with Crippen molar-refractivity contribution in [2.24, 2.45) is 5.73 Å². The van der Waals surface area contributed by atoms with Gasteiger partial charge in [0.2, 0.25) is 0 Å². The molecule has 3 nitrogen and oxygen atoms in total. The van der Waals surface area contributed by atoms with Crippen LogP contribution in [0.1, 0.15) is 18.9 Å². The highest BCUT2D eigenvalue weighted by Crippen LogP contribution is 2.14. The van der Waals surface area contributed by atoms with Crippen LogP contribution in [0.2, 0.25) is 0 Å². The number of hydrogen-bond donors (Lipinski definition) is 1. The van der Waals surface area contributed by atoms with Gasteiger partial charge in [-0.05, 0) is 45.1 Å². The van der Waals surface area contributed by atoms with Crippen molar-refractivity contribution in [2.45, 2.75) is 26.0 Å². The second-order valence-corrected chi connectivity index (χ2v) is 4.37. The van der Waals surface area contributed by atoms with E-state index in [0.29, 0.717) is 6.54 Å². The van der Waals surface area contributed by atoms with Gasteiger partial charge in [0.25, 0.3) is 0 Å². The Morgan fingerprint density at radius 1 is 1.25 bits per heavy atom. The Hall–Kier alpha value is -1.06. The zero-order valence-corrected chi connectivity index (χ0v) is 10.4. The van der Waals surface area contributed by atoms with Crippen LogP contribution in [0, 0.1) is 0 Å². The molecule has 1 atom stereocenters. The van der Waals surface area contributed by atoms with E-state index < -0.39 is 0 Å². The number of nitrogens with zero attached hydrogens (tertiary/aromatic N) is 1. The Balaban J connectivity index is 2.40. The minimum absolute atomic E-state index is 0.242. The lowest BCUT2D eigenvalue weighted by Crippen LogP contribution is -2.21. The van der Waals surface area contributed by atoms with E-state index in [-0.39, 0.29) is 6.10 Å². The first kappa shape index (κ1) is 13.0. The van der Waals surface area contributed by atoms with E-state index in [4.69, 9.17) is 10.5 Å². The van der Waals surface area contributed by atoms with E-state index in [0.717, 1.165) is 24.3 Å². The third kappa shape index (κ3) is 4.64. The first-order chi connectivity index (χ1) is 7.61. The van der Waals surface area contributed by atoms with Crippen LogP contribution in [-0.4, -0.2) is 31.6 Å². The standard InChI is InChI=1S/C13H22N2O/c1-11(8-9-15(2)3)16-13-6-4-12(10-14)5-7-13/h4-7,11H,8-10,14H2,1-3H3. The predicted octanol–water partition coefficient (Wildman–Crippen LogP) is 1.86. The maximum absolute atomic E-state index is 5.80. The van der Waals surface area contributed by atoms with Crippen molar-refractivity contribution in [1.29, 1.82) is 0 Å². The average Bonchev–Trinajstić information content (AvgIpc) is 2.27. The fraction of sp³-hybridized carbons (Fsp3) is 0.538. The highest BCUT2D eigenvalue weighted by atomic mass is 16.5. The molecule has 1 rings (SSSR count). The molecule has 0 bridgehead atoms. The van der Waals surface area contributed by atoms with E-state index in [9.17, 15) is 0 Å². The summed E-state index contributed by atoms with van der Waals surface area (Å²) in [5.74, 6) is 0.920. The Kier molecular flexibility index (Phi) is 5.29. The normalized spacial score (nSPS) is 12.8. The third-order valence-corrected chi connectivity index (χ3v) is 2.48. The van der Waals surface area contributed by atoms with E-state index in [1.54, 1.807) is 0 Å². The van der Waals surface area contributed by atoms with Gasteiger partial charge in [0, 0.05) is 13.1 Å². The molecule has 0 saturated heterocycles. The van der Waals surface area contributed by atoms with Crippen molar-refractivity contribution >= 4 is 0 Å². The fourth-order valence-corrected chi connectivity index (χ4v) is 1.44. The summed E-state index contributed by atoms with van der Waals surface area (Å²) in [5.41, 5.74) is 6.67. The first-order valence-electron chi connectivity index (χ1n) is 5.72. The van der Waals surface area contributed by atoms with Crippen molar-refractivity contribution < 1.29 is 4.74 Å². The van der Waals surface area contributed by atoms with Gasteiger partial charge in [-0.15, -0.1) is 0 Å². The van der Waals surface area contributed by atoms with Crippen LogP contribution in [0.3, 0.4) is 0 Å². The quantitative estimate of drug-likeness (QED) is 0.798.